The quantitative estimate of drug-likeness (QED) is 0.856. The fourth-order valence-electron chi connectivity index (χ4n) is 2.29. The van der Waals surface area contributed by atoms with Crippen molar-refractivity contribution in [2.24, 2.45) is 0 Å². The first-order valence-corrected chi connectivity index (χ1v) is 7.27. The maximum atomic E-state index is 12.4. The molecule has 118 valence electrons. The number of amides is 1. The van der Waals surface area contributed by atoms with Crippen LogP contribution in [0.5, 0.6) is 0 Å². The van der Waals surface area contributed by atoms with Gasteiger partial charge < -0.3 is 10.6 Å². The van der Waals surface area contributed by atoms with E-state index < -0.39 is 0 Å². The van der Waals surface area contributed by atoms with E-state index in [1.165, 1.54) is 11.1 Å². The topological polar surface area (TPSA) is 46.3 Å². The molecule has 0 heterocycles. The van der Waals surface area contributed by atoms with E-state index in [0.29, 0.717) is 19.5 Å². The lowest BCUT2D eigenvalue weighted by Gasteiger charge is -2.22. The van der Waals surface area contributed by atoms with E-state index >= 15 is 0 Å². The van der Waals surface area contributed by atoms with Crippen molar-refractivity contribution in [2.75, 3.05) is 12.3 Å². The minimum atomic E-state index is 0. The molecule has 2 aromatic carbocycles. The van der Waals surface area contributed by atoms with Gasteiger partial charge in [0.1, 0.15) is 0 Å². The Kier molecular flexibility index (Phi) is 6.93. The standard InChI is InChI=1S/C18H22N2O.ClH/c1-3-20(13-16-7-5-4-6-14(16)2)18(21)12-15-8-10-17(19)11-9-15;/h4-11H,3,12-13,19H2,1-2H3;1H. The lowest BCUT2D eigenvalue weighted by Crippen LogP contribution is -2.31. The Balaban J connectivity index is 0.00000242. The Bertz CT molecular complexity index is 611. The van der Waals surface area contributed by atoms with E-state index in [-0.39, 0.29) is 18.3 Å². The normalized spacial score (nSPS) is 9.91. The monoisotopic (exact) mass is 318 g/mol. The number of benzene rings is 2. The zero-order valence-electron chi connectivity index (χ0n) is 13.1. The van der Waals surface area contributed by atoms with Crippen LogP contribution in [0.2, 0.25) is 0 Å². The van der Waals surface area contributed by atoms with Gasteiger partial charge in [0.15, 0.2) is 0 Å². The minimum Gasteiger partial charge on any atom is -0.399 e. The van der Waals surface area contributed by atoms with Gasteiger partial charge in [0.25, 0.3) is 0 Å². The number of aryl methyl sites for hydroxylation is 1. The summed E-state index contributed by atoms with van der Waals surface area (Å²) in [6, 6.07) is 15.7. The van der Waals surface area contributed by atoms with Crippen molar-refractivity contribution < 1.29 is 4.79 Å². The molecule has 22 heavy (non-hydrogen) atoms. The van der Waals surface area contributed by atoms with E-state index in [2.05, 4.69) is 19.1 Å². The van der Waals surface area contributed by atoms with Gasteiger partial charge in [0, 0.05) is 18.8 Å². The average Bonchev–Trinajstić information content (AvgIpc) is 2.48. The zero-order valence-corrected chi connectivity index (χ0v) is 13.9. The summed E-state index contributed by atoms with van der Waals surface area (Å²) in [5.41, 5.74) is 9.80. The minimum absolute atomic E-state index is 0. The zero-order chi connectivity index (χ0) is 15.2. The summed E-state index contributed by atoms with van der Waals surface area (Å²) in [6.45, 7) is 5.46. The van der Waals surface area contributed by atoms with Gasteiger partial charge in [-0.1, -0.05) is 36.4 Å². The first-order valence-electron chi connectivity index (χ1n) is 7.27. The molecular weight excluding hydrogens is 296 g/mol. The number of nitrogens with two attached hydrogens (primary N) is 1. The molecular formula is C18H23ClN2O. The van der Waals surface area contributed by atoms with Gasteiger partial charge in [0.05, 0.1) is 6.42 Å². The van der Waals surface area contributed by atoms with Crippen LogP contribution in [-0.4, -0.2) is 17.4 Å². The van der Waals surface area contributed by atoms with Gasteiger partial charge >= 0.3 is 0 Å². The van der Waals surface area contributed by atoms with Gasteiger partial charge in [-0.25, -0.2) is 0 Å². The van der Waals surface area contributed by atoms with Gasteiger partial charge in [-0.3, -0.25) is 4.79 Å². The molecule has 0 aliphatic heterocycles. The van der Waals surface area contributed by atoms with E-state index in [1.54, 1.807) is 0 Å². The predicted molar refractivity (Wildman–Crippen MR) is 94.1 cm³/mol. The smallest absolute Gasteiger partial charge is 0.227 e. The highest BCUT2D eigenvalue weighted by atomic mass is 35.5. The first-order chi connectivity index (χ1) is 10.1. The van der Waals surface area contributed by atoms with E-state index in [4.69, 9.17) is 5.73 Å². The summed E-state index contributed by atoms with van der Waals surface area (Å²) in [5, 5.41) is 0. The molecule has 2 aromatic rings. The molecule has 1 amide bonds. The molecule has 3 nitrogen and oxygen atoms in total. The second-order valence-electron chi connectivity index (χ2n) is 5.25. The van der Waals surface area contributed by atoms with E-state index in [0.717, 1.165) is 11.3 Å². The summed E-state index contributed by atoms with van der Waals surface area (Å²) in [4.78, 5) is 14.3. The molecule has 0 fully saturated rings. The van der Waals surface area contributed by atoms with Gasteiger partial charge in [-0.15, -0.1) is 12.4 Å². The second kappa shape index (κ2) is 8.44. The third-order valence-corrected chi connectivity index (χ3v) is 3.69. The largest absolute Gasteiger partial charge is 0.399 e. The highest BCUT2D eigenvalue weighted by molar-refractivity contribution is 5.85. The average molecular weight is 319 g/mol. The SMILES string of the molecule is CCN(Cc1ccccc1C)C(=O)Cc1ccc(N)cc1.Cl. The van der Waals surface area contributed by atoms with Gasteiger partial charge in [-0.05, 0) is 42.7 Å². The summed E-state index contributed by atoms with van der Waals surface area (Å²) in [6.07, 6.45) is 0.417. The van der Waals surface area contributed by atoms with Crippen LogP contribution in [0, 0.1) is 6.92 Å². The van der Waals surface area contributed by atoms with Crippen LogP contribution in [0.3, 0.4) is 0 Å². The number of nitrogens with zero attached hydrogens (tertiary/aromatic N) is 1. The molecule has 0 atom stereocenters. The Morgan fingerprint density at radius 2 is 1.73 bits per heavy atom. The van der Waals surface area contributed by atoms with Gasteiger partial charge in [0.2, 0.25) is 5.91 Å². The van der Waals surface area contributed by atoms with Gasteiger partial charge in [-0.2, -0.15) is 0 Å². The first kappa shape index (κ1) is 18.1. The molecule has 0 radical (unpaired) electrons. The van der Waals surface area contributed by atoms with Crippen molar-refractivity contribution in [3.63, 3.8) is 0 Å². The number of hydrogen-bond acceptors (Lipinski definition) is 2. The molecule has 0 bridgehead atoms. The summed E-state index contributed by atoms with van der Waals surface area (Å²) < 4.78 is 0. The maximum Gasteiger partial charge on any atom is 0.227 e. The molecule has 0 saturated carbocycles. The van der Waals surface area contributed by atoms with Crippen LogP contribution in [0.25, 0.3) is 0 Å². The molecule has 0 aliphatic carbocycles. The lowest BCUT2D eigenvalue weighted by atomic mass is 10.1. The van der Waals surface area contributed by atoms with E-state index in [9.17, 15) is 4.79 Å². The molecule has 0 saturated heterocycles. The molecule has 0 spiro atoms. The maximum absolute atomic E-state index is 12.4. The number of anilines is 1. The van der Waals surface area contributed by atoms with Crippen molar-refractivity contribution in [3.8, 4) is 0 Å². The summed E-state index contributed by atoms with van der Waals surface area (Å²) in [5.74, 6) is 0.144. The van der Waals surface area contributed by atoms with Crippen molar-refractivity contribution >= 4 is 24.0 Å². The lowest BCUT2D eigenvalue weighted by molar-refractivity contribution is -0.130. The number of halogens is 1. The molecule has 2 N–H and O–H groups in total. The highest BCUT2D eigenvalue weighted by Crippen LogP contribution is 2.13. The van der Waals surface area contributed by atoms with Crippen molar-refractivity contribution in [3.05, 3.63) is 65.2 Å². The van der Waals surface area contributed by atoms with Crippen LogP contribution in [0.4, 0.5) is 5.69 Å². The molecule has 4 heteroatoms. The Hall–Kier alpha value is -2.00. The Labute approximate surface area is 138 Å². The summed E-state index contributed by atoms with van der Waals surface area (Å²) in [7, 11) is 0. The van der Waals surface area contributed by atoms with Crippen LogP contribution in [0.1, 0.15) is 23.6 Å². The van der Waals surface area contributed by atoms with Crippen LogP contribution >= 0.6 is 12.4 Å². The van der Waals surface area contributed by atoms with Crippen molar-refractivity contribution in [1.82, 2.24) is 4.90 Å². The molecule has 0 aliphatic rings. The Morgan fingerprint density at radius 1 is 1.09 bits per heavy atom. The van der Waals surface area contributed by atoms with E-state index in [1.807, 2.05) is 48.2 Å². The fraction of sp³-hybridized carbons (Fsp3) is 0.278. The van der Waals surface area contributed by atoms with Crippen molar-refractivity contribution in [2.45, 2.75) is 26.8 Å². The third-order valence-electron chi connectivity index (χ3n) is 3.69. The van der Waals surface area contributed by atoms with Crippen LogP contribution < -0.4 is 5.73 Å². The van der Waals surface area contributed by atoms with Crippen molar-refractivity contribution in [1.29, 1.82) is 0 Å². The fourth-order valence-corrected chi connectivity index (χ4v) is 2.29. The molecule has 0 unspecified atom stereocenters. The Morgan fingerprint density at radius 3 is 2.32 bits per heavy atom. The number of hydrogen-bond donors (Lipinski definition) is 1. The number of nitrogen functional groups attached to an aromatic ring is 1. The number of carbonyl (C=O) groups is 1. The summed E-state index contributed by atoms with van der Waals surface area (Å²) >= 11 is 0. The third kappa shape index (κ3) is 4.78. The number of likely N-dealkylation sites (N-methyl/N-ethyl adjacent to an activating group) is 1. The highest BCUT2D eigenvalue weighted by Gasteiger charge is 2.13. The second-order valence-corrected chi connectivity index (χ2v) is 5.25. The number of rotatable bonds is 5. The predicted octanol–water partition coefficient (Wildman–Crippen LogP) is 3.59. The number of carbonyl (C=O) groups excluding carboxylic acids is 1. The molecule has 0 aromatic heterocycles. The van der Waals surface area contributed by atoms with Crippen LogP contribution in [-0.2, 0) is 17.8 Å². The molecule has 2 rings (SSSR count). The van der Waals surface area contributed by atoms with Crippen LogP contribution in [0.15, 0.2) is 48.5 Å².